The molecule has 0 aliphatic carbocycles. The van der Waals surface area contributed by atoms with Crippen LogP contribution < -0.4 is 10.6 Å². The van der Waals surface area contributed by atoms with E-state index in [0.717, 1.165) is 19.4 Å². The second-order valence-corrected chi connectivity index (χ2v) is 5.83. The predicted molar refractivity (Wildman–Crippen MR) is 75.8 cm³/mol. The van der Waals surface area contributed by atoms with E-state index in [4.69, 9.17) is 11.6 Å². The van der Waals surface area contributed by atoms with Crippen LogP contribution in [0.1, 0.15) is 19.8 Å². The fourth-order valence-corrected chi connectivity index (χ4v) is 2.48. The normalized spacial score (nSPS) is 23.7. The van der Waals surface area contributed by atoms with Gasteiger partial charge in [-0.05, 0) is 47.3 Å². The molecule has 2 atom stereocenters. The second-order valence-electron chi connectivity index (χ2n) is 4.62. The number of hydrogen-bond acceptors (Lipinski definition) is 3. The maximum Gasteiger partial charge on any atom is 0.241 e. The number of piperidine rings is 1. The lowest BCUT2D eigenvalue weighted by atomic mass is 9.94. The smallest absolute Gasteiger partial charge is 0.241 e. The molecule has 6 heteroatoms. The minimum absolute atomic E-state index is 0.0161. The number of rotatable bonds is 2. The molecule has 18 heavy (non-hydrogen) atoms. The lowest BCUT2D eigenvalue weighted by molar-refractivity contribution is -0.119. The van der Waals surface area contributed by atoms with Crippen LogP contribution in [-0.4, -0.2) is 23.5 Å². The Balaban J connectivity index is 2.00. The van der Waals surface area contributed by atoms with Crippen molar-refractivity contribution in [2.75, 3.05) is 11.9 Å². The molecule has 98 valence electrons. The van der Waals surface area contributed by atoms with Crippen LogP contribution in [0.4, 0.5) is 5.69 Å². The minimum atomic E-state index is -0.122. The summed E-state index contributed by atoms with van der Waals surface area (Å²) in [6.45, 7) is 3.06. The molecule has 0 radical (unpaired) electrons. The molecule has 1 fully saturated rings. The average Bonchev–Trinajstić information content (AvgIpc) is 2.34. The van der Waals surface area contributed by atoms with Gasteiger partial charge in [0.25, 0.3) is 0 Å². The van der Waals surface area contributed by atoms with Gasteiger partial charge in [-0.25, -0.2) is 4.98 Å². The molecule has 0 spiro atoms. The third-order valence-electron chi connectivity index (χ3n) is 3.05. The van der Waals surface area contributed by atoms with Gasteiger partial charge in [-0.1, -0.05) is 18.5 Å². The summed E-state index contributed by atoms with van der Waals surface area (Å²) in [7, 11) is 0. The maximum absolute atomic E-state index is 12.1. The SMILES string of the molecule is CC1CCNC(C(=O)Nc2cnc(Cl)c(Br)c2)C1. The Morgan fingerprint density at radius 2 is 2.44 bits per heavy atom. The van der Waals surface area contributed by atoms with Crippen molar-refractivity contribution < 1.29 is 4.79 Å². The number of halogens is 2. The van der Waals surface area contributed by atoms with E-state index in [2.05, 4.69) is 38.5 Å². The highest BCUT2D eigenvalue weighted by molar-refractivity contribution is 9.10. The standard InChI is InChI=1S/C12H15BrClN3O/c1-7-2-3-15-10(4-7)12(18)17-8-5-9(13)11(14)16-6-8/h5-7,10,15H,2-4H2,1H3,(H,17,18). The van der Waals surface area contributed by atoms with Crippen LogP contribution in [0.5, 0.6) is 0 Å². The largest absolute Gasteiger partial charge is 0.323 e. The molecule has 1 aliphatic rings. The first-order valence-corrected chi connectivity index (χ1v) is 7.08. The van der Waals surface area contributed by atoms with Gasteiger partial charge in [0.05, 0.1) is 22.4 Å². The number of hydrogen-bond donors (Lipinski definition) is 2. The summed E-state index contributed by atoms with van der Waals surface area (Å²) in [5.41, 5.74) is 0.649. The second kappa shape index (κ2) is 5.99. The Bertz CT molecular complexity index is 455. The van der Waals surface area contributed by atoms with Crippen molar-refractivity contribution in [3.05, 3.63) is 21.9 Å². The highest BCUT2D eigenvalue weighted by Crippen LogP contribution is 2.23. The number of carbonyl (C=O) groups excluding carboxylic acids is 1. The molecule has 4 nitrogen and oxygen atoms in total. The van der Waals surface area contributed by atoms with Crippen molar-refractivity contribution in [1.82, 2.24) is 10.3 Å². The first-order chi connectivity index (χ1) is 8.56. The third kappa shape index (κ3) is 3.43. The number of nitrogens with zero attached hydrogens (tertiary/aromatic N) is 1. The van der Waals surface area contributed by atoms with E-state index in [-0.39, 0.29) is 11.9 Å². The van der Waals surface area contributed by atoms with E-state index >= 15 is 0 Å². The van der Waals surface area contributed by atoms with Gasteiger partial charge in [0, 0.05) is 0 Å². The van der Waals surface area contributed by atoms with Gasteiger partial charge in [0.15, 0.2) is 0 Å². The fraction of sp³-hybridized carbons (Fsp3) is 0.500. The van der Waals surface area contributed by atoms with Crippen molar-refractivity contribution in [3.63, 3.8) is 0 Å². The fourth-order valence-electron chi connectivity index (χ4n) is 2.03. The highest BCUT2D eigenvalue weighted by Gasteiger charge is 2.24. The monoisotopic (exact) mass is 331 g/mol. The average molecular weight is 333 g/mol. The number of nitrogens with one attached hydrogen (secondary N) is 2. The zero-order valence-electron chi connectivity index (χ0n) is 10.0. The predicted octanol–water partition coefficient (Wildman–Crippen LogP) is 2.82. The Labute approximate surface area is 120 Å². The molecule has 2 rings (SSSR count). The summed E-state index contributed by atoms with van der Waals surface area (Å²) in [6.07, 6.45) is 3.54. The summed E-state index contributed by atoms with van der Waals surface area (Å²) in [6, 6.07) is 1.63. The summed E-state index contributed by atoms with van der Waals surface area (Å²) in [5.74, 6) is 0.564. The topological polar surface area (TPSA) is 54.0 Å². The van der Waals surface area contributed by atoms with Gasteiger partial charge < -0.3 is 10.6 Å². The van der Waals surface area contributed by atoms with Gasteiger partial charge in [0.2, 0.25) is 5.91 Å². The summed E-state index contributed by atoms with van der Waals surface area (Å²) >= 11 is 9.08. The Morgan fingerprint density at radius 3 is 3.11 bits per heavy atom. The zero-order chi connectivity index (χ0) is 13.1. The Kier molecular flexibility index (Phi) is 4.59. The highest BCUT2D eigenvalue weighted by atomic mass is 79.9. The third-order valence-corrected chi connectivity index (χ3v) is 4.18. The van der Waals surface area contributed by atoms with Crippen molar-refractivity contribution in [2.24, 2.45) is 5.92 Å². The van der Waals surface area contributed by atoms with Crippen LogP contribution >= 0.6 is 27.5 Å². The Morgan fingerprint density at radius 1 is 1.67 bits per heavy atom. The molecule has 0 aromatic carbocycles. The van der Waals surface area contributed by atoms with Gasteiger partial charge in [-0.3, -0.25) is 4.79 Å². The summed E-state index contributed by atoms with van der Waals surface area (Å²) in [4.78, 5) is 16.0. The maximum atomic E-state index is 12.1. The van der Waals surface area contributed by atoms with Crippen molar-refractivity contribution >= 4 is 39.1 Å². The van der Waals surface area contributed by atoms with E-state index in [0.29, 0.717) is 21.2 Å². The quantitative estimate of drug-likeness (QED) is 0.819. The molecule has 2 unspecified atom stereocenters. The van der Waals surface area contributed by atoms with E-state index in [9.17, 15) is 4.79 Å². The number of pyridine rings is 1. The Hall–Kier alpha value is -0.650. The van der Waals surface area contributed by atoms with Crippen LogP contribution in [-0.2, 0) is 4.79 Å². The van der Waals surface area contributed by atoms with Crippen LogP contribution in [0.2, 0.25) is 5.15 Å². The van der Waals surface area contributed by atoms with Gasteiger partial charge in [-0.15, -0.1) is 0 Å². The van der Waals surface area contributed by atoms with Crippen LogP contribution in [0.25, 0.3) is 0 Å². The van der Waals surface area contributed by atoms with Crippen molar-refractivity contribution in [3.8, 4) is 0 Å². The van der Waals surface area contributed by atoms with Crippen molar-refractivity contribution in [2.45, 2.75) is 25.8 Å². The van der Waals surface area contributed by atoms with Crippen LogP contribution in [0.3, 0.4) is 0 Å². The molecule has 2 heterocycles. The molecular weight excluding hydrogens is 318 g/mol. The van der Waals surface area contributed by atoms with E-state index in [1.165, 1.54) is 0 Å². The summed E-state index contributed by atoms with van der Waals surface area (Å²) < 4.78 is 0.673. The van der Waals surface area contributed by atoms with Crippen molar-refractivity contribution in [1.29, 1.82) is 0 Å². The molecule has 0 bridgehead atoms. The molecule has 1 aliphatic heterocycles. The molecular formula is C12H15BrClN3O. The molecule has 1 aromatic rings. The van der Waals surface area contributed by atoms with Crippen LogP contribution in [0.15, 0.2) is 16.7 Å². The first-order valence-electron chi connectivity index (χ1n) is 5.91. The number of amides is 1. The number of carbonyl (C=O) groups is 1. The van der Waals surface area contributed by atoms with Crippen LogP contribution in [0, 0.1) is 5.92 Å². The minimum Gasteiger partial charge on any atom is -0.323 e. The molecule has 1 aromatic heterocycles. The van der Waals surface area contributed by atoms with E-state index in [1.807, 2.05) is 0 Å². The van der Waals surface area contributed by atoms with Gasteiger partial charge >= 0.3 is 0 Å². The van der Waals surface area contributed by atoms with Gasteiger partial charge in [0.1, 0.15) is 5.15 Å². The molecule has 2 N–H and O–H groups in total. The van der Waals surface area contributed by atoms with Gasteiger partial charge in [-0.2, -0.15) is 0 Å². The molecule has 1 amide bonds. The lowest BCUT2D eigenvalue weighted by Gasteiger charge is -2.27. The first kappa shape index (κ1) is 13.8. The number of anilines is 1. The lowest BCUT2D eigenvalue weighted by Crippen LogP contribution is -2.45. The summed E-state index contributed by atoms with van der Waals surface area (Å²) in [5, 5.41) is 6.46. The number of aromatic nitrogens is 1. The zero-order valence-corrected chi connectivity index (χ0v) is 12.4. The van der Waals surface area contributed by atoms with E-state index in [1.54, 1.807) is 12.3 Å². The molecule has 0 saturated carbocycles. The molecule has 1 saturated heterocycles. The van der Waals surface area contributed by atoms with E-state index < -0.39 is 0 Å².